The van der Waals surface area contributed by atoms with Crippen molar-refractivity contribution in [1.82, 2.24) is 30.4 Å². The summed E-state index contributed by atoms with van der Waals surface area (Å²) < 4.78 is 0. The number of aromatic nitrogens is 2. The second kappa shape index (κ2) is 19.5. The van der Waals surface area contributed by atoms with Gasteiger partial charge in [-0.2, -0.15) is 10.2 Å². The summed E-state index contributed by atoms with van der Waals surface area (Å²) in [6.07, 6.45) is 9.27. The molecule has 0 bridgehead atoms. The number of nitrogens with zero attached hydrogens (tertiary/aromatic N) is 8. The lowest BCUT2D eigenvalue weighted by atomic mass is 10.1. The highest BCUT2D eigenvalue weighted by Gasteiger charge is 2.15. The first-order valence-electron chi connectivity index (χ1n) is 17.0. The van der Waals surface area contributed by atoms with Gasteiger partial charge in [-0.05, 0) is 62.3 Å². The molecule has 1 fully saturated rings. The molecular weight excluding hydrogens is 600 g/mol. The van der Waals surface area contributed by atoms with Gasteiger partial charge in [0.2, 0.25) is 0 Å². The van der Waals surface area contributed by atoms with Crippen LogP contribution in [0.25, 0.3) is 21.8 Å². The first-order chi connectivity index (χ1) is 23.7. The van der Waals surface area contributed by atoms with Crippen LogP contribution in [0.5, 0.6) is 0 Å². The third kappa shape index (κ3) is 10.8. The van der Waals surface area contributed by atoms with Crippen LogP contribution in [0, 0.1) is 11.1 Å². The lowest BCUT2D eigenvalue weighted by molar-refractivity contribution is 0.246. The Kier molecular flexibility index (Phi) is 14.2. The molecule has 0 radical (unpaired) electrons. The van der Waals surface area contributed by atoms with E-state index in [2.05, 4.69) is 87.0 Å². The summed E-state index contributed by atoms with van der Waals surface area (Å²) in [7, 11) is 0. The highest BCUT2D eigenvalue weighted by molar-refractivity contribution is 5.82. The molecule has 0 saturated carbocycles. The number of aliphatic imine (C=N–C) groups is 2. The molecule has 48 heavy (non-hydrogen) atoms. The van der Waals surface area contributed by atoms with Crippen LogP contribution in [0.15, 0.2) is 93.3 Å². The fourth-order valence-corrected chi connectivity index (χ4v) is 6.08. The molecule has 3 heterocycles. The van der Waals surface area contributed by atoms with E-state index in [1.54, 1.807) is 0 Å². The Morgan fingerprint density at radius 1 is 0.625 bits per heavy atom. The molecule has 2 atom stereocenters. The van der Waals surface area contributed by atoms with E-state index >= 15 is 0 Å². The van der Waals surface area contributed by atoms with Crippen molar-refractivity contribution in [2.75, 3.05) is 65.4 Å². The zero-order valence-electron chi connectivity index (χ0n) is 27.7. The molecule has 1 aliphatic heterocycles. The zero-order chi connectivity index (χ0) is 33.2. The van der Waals surface area contributed by atoms with E-state index in [-0.39, 0.29) is 12.1 Å². The number of rotatable bonds is 12. The number of nitrogens with one attached hydrogen (secondary N) is 4. The number of hydrogen-bond donors (Lipinski definition) is 4. The number of para-hydroxylation sites is 2. The molecule has 5 rings (SSSR count). The molecule has 0 amide bonds. The van der Waals surface area contributed by atoms with Gasteiger partial charge in [-0.25, -0.2) is 11.1 Å². The fourth-order valence-electron chi connectivity index (χ4n) is 6.08. The largest absolute Gasteiger partial charge is 0.315 e. The van der Waals surface area contributed by atoms with Gasteiger partial charge < -0.3 is 10.6 Å². The Morgan fingerprint density at radius 2 is 1.08 bits per heavy atom. The first-order valence-corrected chi connectivity index (χ1v) is 17.0. The minimum absolute atomic E-state index is 0.282. The maximum absolute atomic E-state index is 7.81. The lowest BCUT2D eigenvalue weighted by Gasteiger charge is -2.26. The van der Waals surface area contributed by atoms with Crippen LogP contribution in [-0.4, -0.2) is 110 Å². The Hall–Kier alpha value is -4.36. The minimum atomic E-state index is -0.282. The molecule has 1 aliphatic rings. The maximum atomic E-state index is 7.81. The number of hydrogen-bond acceptors (Lipinski definition) is 12. The molecule has 252 valence electrons. The standard InChI is InChI=1S/C36H48N12/c37-45-33(25-41-23-31-9-1-7-29-11-3-15-43-35(29)31)27-47-19-5-13-40-18-22-48(20-6-14-39-17-21-47)28-34(46-38)26-42-24-32-10-2-8-30-12-4-16-44-36(30)32/h1-4,7-12,15-16,25-26,33-34,37-40H,5-6,13-14,17-24,27-28H2. The van der Waals surface area contributed by atoms with E-state index in [0.717, 1.165) is 98.1 Å². The highest BCUT2D eigenvalue weighted by atomic mass is 15.2. The van der Waals surface area contributed by atoms with Crippen LogP contribution in [0.1, 0.15) is 24.0 Å². The predicted molar refractivity (Wildman–Crippen MR) is 194 cm³/mol. The molecule has 2 aromatic heterocycles. The van der Waals surface area contributed by atoms with E-state index in [0.29, 0.717) is 26.2 Å². The van der Waals surface area contributed by atoms with Gasteiger partial charge in [0, 0.05) is 74.9 Å². The van der Waals surface area contributed by atoms with Crippen molar-refractivity contribution in [3.05, 3.63) is 84.2 Å². The number of benzene rings is 2. The van der Waals surface area contributed by atoms with Crippen molar-refractivity contribution in [3.63, 3.8) is 0 Å². The van der Waals surface area contributed by atoms with E-state index < -0.39 is 0 Å². The molecule has 12 nitrogen and oxygen atoms in total. The van der Waals surface area contributed by atoms with Gasteiger partial charge in [0.05, 0.1) is 24.1 Å². The average molecular weight is 649 g/mol. The van der Waals surface area contributed by atoms with Gasteiger partial charge in [0.15, 0.2) is 0 Å². The van der Waals surface area contributed by atoms with Gasteiger partial charge in [-0.3, -0.25) is 29.8 Å². The summed E-state index contributed by atoms with van der Waals surface area (Å²) in [6, 6.07) is 19.8. The zero-order valence-corrected chi connectivity index (χ0v) is 27.7. The van der Waals surface area contributed by atoms with Crippen molar-refractivity contribution in [1.29, 1.82) is 11.1 Å². The van der Waals surface area contributed by atoms with Crippen molar-refractivity contribution >= 4 is 34.2 Å². The summed E-state index contributed by atoms with van der Waals surface area (Å²) in [6.45, 7) is 9.59. The van der Waals surface area contributed by atoms with Crippen LogP contribution in [0.4, 0.5) is 0 Å². The summed E-state index contributed by atoms with van der Waals surface area (Å²) in [5.74, 6) is 0. The Labute approximate surface area is 283 Å². The molecule has 2 unspecified atom stereocenters. The van der Waals surface area contributed by atoms with Gasteiger partial charge in [-0.15, -0.1) is 0 Å². The van der Waals surface area contributed by atoms with E-state index in [9.17, 15) is 0 Å². The summed E-state index contributed by atoms with van der Waals surface area (Å²) in [4.78, 5) is 23.1. The third-order valence-corrected chi connectivity index (χ3v) is 8.60. The van der Waals surface area contributed by atoms with Crippen LogP contribution in [-0.2, 0) is 13.1 Å². The topological polar surface area (TPSA) is 153 Å². The van der Waals surface area contributed by atoms with Gasteiger partial charge >= 0.3 is 0 Å². The second-order valence-corrected chi connectivity index (χ2v) is 12.2. The maximum Gasteiger partial charge on any atom is 0.118 e. The van der Waals surface area contributed by atoms with E-state index in [4.69, 9.17) is 11.1 Å². The van der Waals surface area contributed by atoms with E-state index in [1.165, 1.54) is 0 Å². The quantitative estimate of drug-likeness (QED) is 0.125. The minimum Gasteiger partial charge on any atom is -0.315 e. The molecule has 1 saturated heterocycles. The summed E-state index contributed by atoms with van der Waals surface area (Å²) >= 11 is 0. The summed E-state index contributed by atoms with van der Waals surface area (Å²) in [5, 5.41) is 17.2. The summed E-state index contributed by atoms with van der Waals surface area (Å²) in [5.41, 5.74) is 19.7. The monoisotopic (exact) mass is 648 g/mol. The van der Waals surface area contributed by atoms with Gasteiger partial charge in [0.25, 0.3) is 0 Å². The Balaban J connectivity index is 1.07. The number of fused-ring (bicyclic) bond motifs is 2. The molecular formula is C36H48N12. The van der Waals surface area contributed by atoms with Gasteiger partial charge in [0.1, 0.15) is 12.1 Å². The predicted octanol–water partition coefficient (Wildman–Crippen LogP) is 5.00. The molecule has 12 heteroatoms. The van der Waals surface area contributed by atoms with Gasteiger partial charge in [-0.1, -0.05) is 48.5 Å². The molecule has 4 N–H and O–H groups in total. The molecule has 4 aromatic rings. The smallest absolute Gasteiger partial charge is 0.118 e. The van der Waals surface area contributed by atoms with Crippen LogP contribution >= 0.6 is 0 Å². The van der Waals surface area contributed by atoms with Crippen molar-refractivity contribution in [2.45, 2.75) is 38.0 Å². The first kappa shape index (κ1) is 35.0. The highest BCUT2D eigenvalue weighted by Crippen LogP contribution is 2.18. The molecule has 0 spiro atoms. The lowest BCUT2D eigenvalue weighted by Crippen LogP contribution is -2.42. The normalized spacial score (nSPS) is 17.8. The van der Waals surface area contributed by atoms with Crippen molar-refractivity contribution < 1.29 is 0 Å². The van der Waals surface area contributed by atoms with Crippen molar-refractivity contribution in [3.8, 4) is 0 Å². The Morgan fingerprint density at radius 3 is 1.54 bits per heavy atom. The van der Waals surface area contributed by atoms with Crippen LogP contribution in [0.2, 0.25) is 0 Å². The van der Waals surface area contributed by atoms with E-state index in [1.807, 2.05) is 49.1 Å². The molecule has 0 aliphatic carbocycles. The van der Waals surface area contributed by atoms with Crippen LogP contribution < -0.4 is 10.6 Å². The fraction of sp³-hybridized carbons (Fsp3) is 0.444. The number of pyridine rings is 2. The SMILES string of the molecule is N=NC(C=NCc1cccc2cccnc12)CN1CCCNCCN(CC(C=NCc2cccc3cccnc23)N=N)CCCNCC1. The van der Waals surface area contributed by atoms with Crippen LogP contribution in [0.3, 0.4) is 0 Å². The Bertz CT molecular complexity index is 1490. The molecule has 2 aromatic carbocycles. The second-order valence-electron chi connectivity index (χ2n) is 12.2. The third-order valence-electron chi connectivity index (χ3n) is 8.60. The average Bonchev–Trinajstić information content (AvgIpc) is 3.12. The van der Waals surface area contributed by atoms with Crippen molar-refractivity contribution in [2.24, 2.45) is 20.2 Å².